The molecule has 0 saturated heterocycles. The van der Waals surface area contributed by atoms with Crippen molar-refractivity contribution < 1.29 is 4.79 Å². The van der Waals surface area contributed by atoms with Crippen LogP contribution in [0, 0.1) is 6.92 Å². The number of fused-ring (bicyclic) bond motifs is 3. The third kappa shape index (κ3) is 3.91. The number of anilines is 1. The molecule has 2 aromatic carbocycles. The van der Waals surface area contributed by atoms with Gasteiger partial charge in [0.1, 0.15) is 6.04 Å². The molecule has 2 heterocycles. The quantitative estimate of drug-likeness (QED) is 0.501. The molecule has 2 aromatic heterocycles. The van der Waals surface area contributed by atoms with Gasteiger partial charge in [0.05, 0.1) is 5.52 Å². The Bertz CT molecular complexity index is 1280. The monoisotopic (exact) mass is 417 g/mol. The second-order valence-electron chi connectivity index (χ2n) is 7.62. The predicted octanol–water partition coefficient (Wildman–Crippen LogP) is 3.16. The van der Waals surface area contributed by atoms with Crippen molar-refractivity contribution >= 4 is 28.1 Å². The zero-order valence-electron chi connectivity index (χ0n) is 18.1. The van der Waals surface area contributed by atoms with Crippen LogP contribution in [0.5, 0.6) is 0 Å². The molecule has 0 saturated carbocycles. The van der Waals surface area contributed by atoms with Crippen LogP contribution >= 0.6 is 0 Å². The molecule has 160 valence electrons. The van der Waals surface area contributed by atoms with Gasteiger partial charge in [-0.1, -0.05) is 30.3 Å². The van der Waals surface area contributed by atoms with Gasteiger partial charge in [-0.15, -0.1) is 0 Å². The molecule has 7 heteroatoms. The number of carbonyl (C=O) groups excluding carboxylic acids is 1. The lowest BCUT2D eigenvalue weighted by Gasteiger charge is -2.24. The fourth-order valence-electron chi connectivity index (χ4n) is 4.07. The Kier molecular flexibility index (Phi) is 5.75. The van der Waals surface area contributed by atoms with E-state index in [0.717, 1.165) is 35.4 Å². The third-order valence-electron chi connectivity index (χ3n) is 5.62. The third-order valence-corrected chi connectivity index (χ3v) is 5.62. The number of aryl methyl sites for hydroxylation is 1. The highest BCUT2D eigenvalue weighted by Gasteiger charge is 2.22. The van der Waals surface area contributed by atoms with Crippen LogP contribution in [0.3, 0.4) is 0 Å². The number of nitrogens with zero attached hydrogens (tertiary/aromatic N) is 4. The number of para-hydroxylation sites is 2. The Morgan fingerprint density at radius 3 is 2.58 bits per heavy atom. The van der Waals surface area contributed by atoms with Crippen LogP contribution < -0.4 is 15.8 Å². The molecule has 0 fully saturated rings. The van der Waals surface area contributed by atoms with Gasteiger partial charge < -0.3 is 10.2 Å². The van der Waals surface area contributed by atoms with E-state index in [1.54, 1.807) is 0 Å². The van der Waals surface area contributed by atoms with Gasteiger partial charge in [0.15, 0.2) is 5.65 Å². The van der Waals surface area contributed by atoms with Crippen LogP contribution in [-0.2, 0) is 4.79 Å². The molecule has 0 bridgehead atoms. The summed E-state index contributed by atoms with van der Waals surface area (Å²) in [6.45, 7) is 7.95. The van der Waals surface area contributed by atoms with Crippen molar-refractivity contribution in [3.63, 3.8) is 0 Å². The van der Waals surface area contributed by atoms with Crippen LogP contribution in [-0.4, -0.2) is 39.7 Å². The summed E-state index contributed by atoms with van der Waals surface area (Å²) < 4.78 is 3.77. The first-order valence-corrected chi connectivity index (χ1v) is 10.6. The molecule has 31 heavy (non-hydrogen) atoms. The molecular formula is C24H27N5O2. The number of rotatable bonds is 7. The maximum atomic E-state index is 13.1. The van der Waals surface area contributed by atoms with E-state index in [-0.39, 0.29) is 11.5 Å². The molecule has 0 aliphatic carbocycles. The Balaban J connectivity index is 1.58. The van der Waals surface area contributed by atoms with E-state index in [1.165, 1.54) is 6.07 Å². The zero-order chi connectivity index (χ0) is 22.0. The fourth-order valence-corrected chi connectivity index (χ4v) is 4.07. The van der Waals surface area contributed by atoms with E-state index in [4.69, 9.17) is 0 Å². The molecular weight excluding hydrogens is 390 g/mol. The maximum Gasteiger partial charge on any atom is 0.273 e. The van der Waals surface area contributed by atoms with Crippen molar-refractivity contribution in [1.29, 1.82) is 0 Å². The van der Waals surface area contributed by atoms with E-state index in [0.29, 0.717) is 12.2 Å². The van der Waals surface area contributed by atoms with Gasteiger partial charge in [0.2, 0.25) is 5.91 Å². The average Bonchev–Trinajstić information content (AvgIpc) is 3.11. The molecule has 0 aliphatic rings. The van der Waals surface area contributed by atoms with Gasteiger partial charge in [0, 0.05) is 42.5 Å². The number of carbonyl (C=O) groups is 1. The van der Waals surface area contributed by atoms with Gasteiger partial charge in [-0.3, -0.25) is 14.3 Å². The minimum absolute atomic E-state index is 0.0788. The van der Waals surface area contributed by atoms with Gasteiger partial charge in [-0.05, 0) is 45.0 Å². The summed E-state index contributed by atoms with van der Waals surface area (Å²) >= 11 is 0. The number of amides is 1. The highest BCUT2D eigenvalue weighted by molar-refractivity contribution is 5.94. The van der Waals surface area contributed by atoms with Gasteiger partial charge in [-0.25, -0.2) is 4.52 Å². The number of nitrogens with one attached hydrogen (secondary N) is 1. The van der Waals surface area contributed by atoms with E-state index < -0.39 is 6.04 Å². The number of benzene rings is 2. The minimum Gasteiger partial charge on any atom is -0.370 e. The Morgan fingerprint density at radius 1 is 1.13 bits per heavy atom. The summed E-state index contributed by atoms with van der Waals surface area (Å²) in [7, 11) is 0. The molecule has 0 spiro atoms. The van der Waals surface area contributed by atoms with Crippen LogP contribution in [0.4, 0.5) is 5.69 Å². The number of hydrogen-bond donors (Lipinski definition) is 1. The smallest absolute Gasteiger partial charge is 0.273 e. The zero-order valence-corrected chi connectivity index (χ0v) is 18.1. The number of aromatic nitrogens is 3. The van der Waals surface area contributed by atoms with Crippen molar-refractivity contribution in [2.45, 2.75) is 26.8 Å². The molecule has 4 aromatic rings. The second-order valence-corrected chi connectivity index (χ2v) is 7.62. The first-order chi connectivity index (χ1) is 15.0. The SMILES string of the molecule is CCN(CCNC(=O)[C@H](C)n1c2ccccc2c2nc(=O)cc(C)n21)c1ccccc1. The van der Waals surface area contributed by atoms with E-state index in [9.17, 15) is 9.59 Å². The largest absolute Gasteiger partial charge is 0.370 e. The lowest BCUT2D eigenvalue weighted by molar-refractivity contribution is -0.124. The van der Waals surface area contributed by atoms with E-state index in [1.807, 2.05) is 65.5 Å². The van der Waals surface area contributed by atoms with Crippen LogP contribution in [0.1, 0.15) is 25.6 Å². The van der Waals surface area contributed by atoms with Crippen molar-refractivity contribution in [3.05, 3.63) is 76.7 Å². The highest BCUT2D eigenvalue weighted by Crippen LogP contribution is 2.25. The molecule has 4 rings (SSSR count). The lowest BCUT2D eigenvalue weighted by atomic mass is 10.2. The van der Waals surface area contributed by atoms with Crippen LogP contribution in [0.2, 0.25) is 0 Å². The highest BCUT2D eigenvalue weighted by atomic mass is 16.2. The molecule has 7 nitrogen and oxygen atoms in total. The fraction of sp³-hybridized carbons (Fsp3) is 0.292. The summed E-state index contributed by atoms with van der Waals surface area (Å²) in [4.78, 5) is 31.5. The molecule has 1 atom stereocenters. The van der Waals surface area contributed by atoms with E-state index in [2.05, 4.69) is 34.3 Å². The summed E-state index contributed by atoms with van der Waals surface area (Å²) in [5.41, 5.74) is 3.04. The first-order valence-electron chi connectivity index (χ1n) is 10.6. The maximum absolute atomic E-state index is 13.1. The Hall–Kier alpha value is -3.61. The number of hydrogen-bond acceptors (Lipinski definition) is 4. The number of likely N-dealkylation sites (N-methyl/N-ethyl adjacent to an activating group) is 1. The topological polar surface area (TPSA) is 71.6 Å². The molecule has 0 aliphatic heterocycles. The van der Waals surface area contributed by atoms with Crippen molar-refractivity contribution in [1.82, 2.24) is 19.5 Å². The van der Waals surface area contributed by atoms with Crippen LogP contribution in [0.25, 0.3) is 16.6 Å². The van der Waals surface area contributed by atoms with E-state index >= 15 is 0 Å². The minimum atomic E-state index is -0.475. The van der Waals surface area contributed by atoms with Gasteiger partial charge >= 0.3 is 0 Å². The summed E-state index contributed by atoms with van der Waals surface area (Å²) in [6.07, 6.45) is 0. The van der Waals surface area contributed by atoms with Crippen molar-refractivity contribution in [2.24, 2.45) is 0 Å². The molecule has 0 radical (unpaired) electrons. The predicted molar refractivity (Wildman–Crippen MR) is 124 cm³/mol. The van der Waals surface area contributed by atoms with Crippen molar-refractivity contribution in [3.8, 4) is 0 Å². The Morgan fingerprint density at radius 2 is 1.84 bits per heavy atom. The van der Waals surface area contributed by atoms with Crippen molar-refractivity contribution in [2.75, 3.05) is 24.5 Å². The summed E-state index contributed by atoms with van der Waals surface area (Å²) in [5, 5.41) is 3.92. The molecule has 0 unspecified atom stereocenters. The summed E-state index contributed by atoms with van der Waals surface area (Å²) in [6, 6.07) is 18.9. The lowest BCUT2D eigenvalue weighted by Crippen LogP contribution is -2.38. The van der Waals surface area contributed by atoms with Gasteiger partial charge in [-0.2, -0.15) is 4.98 Å². The molecule has 1 amide bonds. The first kappa shape index (κ1) is 20.7. The normalized spacial score (nSPS) is 12.2. The molecule has 1 N–H and O–H groups in total. The van der Waals surface area contributed by atoms with Gasteiger partial charge in [0.25, 0.3) is 5.56 Å². The summed E-state index contributed by atoms with van der Waals surface area (Å²) in [5.74, 6) is -0.0788. The van der Waals surface area contributed by atoms with Crippen LogP contribution in [0.15, 0.2) is 65.5 Å². The Labute approximate surface area is 180 Å². The second kappa shape index (κ2) is 8.63. The average molecular weight is 418 g/mol. The standard InChI is InChI=1S/C24H27N5O2/c1-4-27(19-10-6-5-7-11-19)15-14-25-24(31)18(3)29-21-13-9-8-12-20(21)23-26-22(30)16-17(2)28(23)29/h5-13,16,18H,4,14-15H2,1-3H3,(H,25,31)/t18-/m0/s1.